The molecule has 25 heavy (non-hydrogen) atoms. The first-order valence-electron chi connectivity index (χ1n) is 8.00. The number of nitrogens with one attached hydrogen (secondary N) is 1. The predicted molar refractivity (Wildman–Crippen MR) is 95.7 cm³/mol. The van der Waals surface area contributed by atoms with Crippen LogP contribution in [0.3, 0.4) is 0 Å². The van der Waals surface area contributed by atoms with Gasteiger partial charge in [0.25, 0.3) is 5.91 Å². The zero-order valence-corrected chi connectivity index (χ0v) is 14.8. The fourth-order valence-electron chi connectivity index (χ4n) is 2.84. The van der Waals surface area contributed by atoms with Crippen LogP contribution in [-0.2, 0) is 10.3 Å². The Hall–Kier alpha value is -2.53. The van der Waals surface area contributed by atoms with Crippen molar-refractivity contribution in [2.24, 2.45) is 0 Å². The predicted octanol–water partition coefficient (Wildman–Crippen LogP) is 3.49. The SMILES string of the molecule is Cc1ccc(OCCN2C(=O)N[C@](C)(c3ccccc3Cl)C2=O)cc1. The van der Waals surface area contributed by atoms with Gasteiger partial charge in [-0.3, -0.25) is 9.69 Å². The van der Waals surface area contributed by atoms with E-state index in [1.807, 2.05) is 31.2 Å². The Bertz CT molecular complexity index is 807. The van der Waals surface area contributed by atoms with Crippen molar-refractivity contribution in [3.63, 3.8) is 0 Å². The first kappa shape index (κ1) is 17.3. The number of rotatable bonds is 5. The number of nitrogens with zero attached hydrogens (tertiary/aromatic N) is 1. The number of imide groups is 1. The van der Waals surface area contributed by atoms with E-state index in [4.69, 9.17) is 16.3 Å². The Morgan fingerprint density at radius 3 is 2.48 bits per heavy atom. The van der Waals surface area contributed by atoms with Crippen LogP contribution in [-0.4, -0.2) is 30.0 Å². The summed E-state index contributed by atoms with van der Waals surface area (Å²) in [6.45, 7) is 4.04. The number of urea groups is 1. The molecule has 2 aromatic carbocycles. The van der Waals surface area contributed by atoms with Crippen molar-refractivity contribution in [3.05, 3.63) is 64.7 Å². The number of ether oxygens (including phenoxy) is 1. The summed E-state index contributed by atoms with van der Waals surface area (Å²) in [5, 5.41) is 3.18. The Balaban J connectivity index is 1.69. The molecule has 130 valence electrons. The number of hydrogen-bond donors (Lipinski definition) is 1. The van der Waals surface area contributed by atoms with Gasteiger partial charge in [0.15, 0.2) is 0 Å². The lowest BCUT2D eigenvalue weighted by Gasteiger charge is -2.23. The maximum absolute atomic E-state index is 12.8. The molecule has 3 amide bonds. The maximum Gasteiger partial charge on any atom is 0.325 e. The van der Waals surface area contributed by atoms with Gasteiger partial charge in [0.05, 0.1) is 6.54 Å². The number of carbonyl (C=O) groups excluding carboxylic acids is 2. The molecule has 1 fully saturated rings. The first-order chi connectivity index (χ1) is 11.9. The lowest BCUT2D eigenvalue weighted by atomic mass is 9.92. The topological polar surface area (TPSA) is 58.6 Å². The molecule has 0 bridgehead atoms. The third-order valence-electron chi connectivity index (χ3n) is 4.29. The van der Waals surface area contributed by atoms with Crippen molar-refractivity contribution in [2.75, 3.05) is 13.2 Å². The number of hydrogen-bond acceptors (Lipinski definition) is 3. The molecule has 1 atom stereocenters. The third-order valence-corrected chi connectivity index (χ3v) is 4.62. The second-order valence-electron chi connectivity index (χ2n) is 6.15. The summed E-state index contributed by atoms with van der Waals surface area (Å²) in [4.78, 5) is 26.2. The summed E-state index contributed by atoms with van der Waals surface area (Å²) < 4.78 is 5.62. The number of amides is 3. The lowest BCUT2D eigenvalue weighted by molar-refractivity contribution is -0.131. The Labute approximate surface area is 151 Å². The Morgan fingerprint density at radius 1 is 1.12 bits per heavy atom. The van der Waals surface area contributed by atoms with Gasteiger partial charge in [-0.05, 0) is 32.0 Å². The van der Waals surface area contributed by atoms with E-state index in [9.17, 15) is 9.59 Å². The maximum atomic E-state index is 12.8. The van der Waals surface area contributed by atoms with Gasteiger partial charge in [-0.1, -0.05) is 47.5 Å². The van der Waals surface area contributed by atoms with Crippen molar-refractivity contribution < 1.29 is 14.3 Å². The molecular weight excluding hydrogens is 340 g/mol. The van der Waals surface area contributed by atoms with Crippen LogP contribution in [0.2, 0.25) is 5.02 Å². The highest BCUT2D eigenvalue weighted by molar-refractivity contribution is 6.32. The smallest absolute Gasteiger partial charge is 0.325 e. The van der Waals surface area contributed by atoms with E-state index in [0.29, 0.717) is 16.3 Å². The summed E-state index contributed by atoms with van der Waals surface area (Å²) in [5.41, 5.74) is 0.549. The van der Waals surface area contributed by atoms with Crippen molar-refractivity contribution in [3.8, 4) is 5.75 Å². The van der Waals surface area contributed by atoms with Gasteiger partial charge in [0.2, 0.25) is 0 Å². The van der Waals surface area contributed by atoms with Crippen LogP contribution in [0.4, 0.5) is 4.79 Å². The summed E-state index contributed by atoms with van der Waals surface area (Å²) >= 11 is 6.21. The van der Waals surface area contributed by atoms with Gasteiger partial charge in [0.1, 0.15) is 17.9 Å². The molecule has 0 saturated carbocycles. The summed E-state index contributed by atoms with van der Waals surface area (Å²) in [6.07, 6.45) is 0. The van der Waals surface area contributed by atoms with Gasteiger partial charge in [-0.25, -0.2) is 4.79 Å². The van der Waals surface area contributed by atoms with Crippen LogP contribution >= 0.6 is 11.6 Å². The van der Waals surface area contributed by atoms with E-state index in [-0.39, 0.29) is 19.1 Å². The first-order valence-corrected chi connectivity index (χ1v) is 8.38. The molecule has 6 heteroatoms. The average molecular weight is 359 g/mol. The minimum absolute atomic E-state index is 0.165. The number of aryl methyl sites for hydroxylation is 1. The van der Waals surface area contributed by atoms with Crippen molar-refractivity contribution in [2.45, 2.75) is 19.4 Å². The van der Waals surface area contributed by atoms with E-state index in [0.717, 1.165) is 10.5 Å². The largest absolute Gasteiger partial charge is 0.492 e. The van der Waals surface area contributed by atoms with E-state index >= 15 is 0 Å². The van der Waals surface area contributed by atoms with Gasteiger partial charge in [-0.15, -0.1) is 0 Å². The van der Waals surface area contributed by atoms with Crippen molar-refractivity contribution >= 4 is 23.5 Å². The van der Waals surface area contributed by atoms with Gasteiger partial charge < -0.3 is 10.1 Å². The molecular formula is C19H19ClN2O3. The molecule has 1 N–H and O–H groups in total. The highest BCUT2D eigenvalue weighted by Crippen LogP contribution is 2.33. The lowest BCUT2D eigenvalue weighted by Crippen LogP contribution is -2.41. The van der Waals surface area contributed by atoms with E-state index in [1.54, 1.807) is 31.2 Å². The van der Waals surface area contributed by atoms with Crippen LogP contribution in [0.5, 0.6) is 5.75 Å². The summed E-state index contributed by atoms with van der Waals surface area (Å²) in [5.74, 6) is 0.365. The summed E-state index contributed by atoms with van der Waals surface area (Å²) in [7, 11) is 0. The third kappa shape index (κ3) is 3.33. The molecule has 3 rings (SSSR count). The second-order valence-corrected chi connectivity index (χ2v) is 6.56. The fraction of sp³-hybridized carbons (Fsp3) is 0.263. The monoisotopic (exact) mass is 358 g/mol. The molecule has 0 spiro atoms. The minimum atomic E-state index is -1.17. The van der Waals surface area contributed by atoms with Crippen LogP contribution in [0.25, 0.3) is 0 Å². The molecule has 0 unspecified atom stereocenters. The average Bonchev–Trinajstić information content (AvgIpc) is 2.81. The van der Waals surface area contributed by atoms with Crippen LogP contribution in [0.1, 0.15) is 18.1 Å². The van der Waals surface area contributed by atoms with Gasteiger partial charge in [0, 0.05) is 10.6 Å². The molecule has 1 saturated heterocycles. The fourth-order valence-corrected chi connectivity index (χ4v) is 3.16. The molecule has 0 aliphatic carbocycles. The molecule has 1 heterocycles. The Morgan fingerprint density at radius 2 is 1.80 bits per heavy atom. The minimum Gasteiger partial charge on any atom is -0.492 e. The summed E-state index contributed by atoms with van der Waals surface area (Å²) in [6, 6.07) is 14.2. The number of halogens is 1. The molecule has 1 aliphatic heterocycles. The van der Waals surface area contributed by atoms with E-state index in [2.05, 4.69) is 5.32 Å². The highest BCUT2D eigenvalue weighted by atomic mass is 35.5. The zero-order valence-electron chi connectivity index (χ0n) is 14.1. The van der Waals surface area contributed by atoms with Crippen LogP contribution in [0, 0.1) is 6.92 Å². The van der Waals surface area contributed by atoms with Crippen LogP contribution in [0.15, 0.2) is 48.5 Å². The van der Waals surface area contributed by atoms with Crippen LogP contribution < -0.4 is 10.1 Å². The molecule has 2 aromatic rings. The zero-order chi connectivity index (χ0) is 18.0. The quantitative estimate of drug-likeness (QED) is 0.832. The Kier molecular flexibility index (Phi) is 4.68. The molecule has 0 aromatic heterocycles. The highest BCUT2D eigenvalue weighted by Gasteiger charge is 2.49. The van der Waals surface area contributed by atoms with Gasteiger partial charge in [-0.2, -0.15) is 0 Å². The number of benzene rings is 2. The second kappa shape index (κ2) is 6.76. The molecule has 5 nitrogen and oxygen atoms in total. The van der Waals surface area contributed by atoms with E-state index in [1.165, 1.54) is 0 Å². The molecule has 0 radical (unpaired) electrons. The standard InChI is InChI=1S/C19H19ClN2O3/c1-13-7-9-14(10-8-13)25-12-11-22-17(23)19(2,21-18(22)24)15-5-3-4-6-16(15)20/h3-10H,11-12H2,1-2H3,(H,21,24)/t19-/m1/s1. The number of carbonyl (C=O) groups is 2. The molecule has 1 aliphatic rings. The van der Waals surface area contributed by atoms with Gasteiger partial charge >= 0.3 is 6.03 Å². The normalized spacial score (nSPS) is 19.9. The van der Waals surface area contributed by atoms with E-state index < -0.39 is 11.6 Å². The van der Waals surface area contributed by atoms with Crippen molar-refractivity contribution in [1.29, 1.82) is 0 Å². The van der Waals surface area contributed by atoms with Crippen molar-refractivity contribution in [1.82, 2.24) is 10.2 Å².